The molecule has 5 nitrogen and oxygen atoms in total. The van der Waals surface area contributed by atoms with Crippen LogP contribution in [-0.2, 0) is 17.6 Å². The van der Waals surface area contributed by atoms with E-state index in [0.717, 1.165) is 23.3 Å². The largest absolute Gasteiger partial charge is 0.496 e. The maximum atomic E-state index is 11.2. The number of rotatable bonds is 5. The van der Waals surface area contributed by atoms with Gasteiger partial charge in [0.15, 0.2) is 0 Å². The Bertz CT molecular complexity index is 393. The Morgan fingerprint density at radius 2 is 2.24 bits per heavy atom. The van der Waals surface area contributed by atoms with Gasteiger partial charge in [-0.1, -0.05) is 19.1 Å². The molecule has 0 bridgehead atoms. The average Bonchev–Trinajstić information content (AvgIpc) is 2.37. The van der Waals surface area contributed by atoms with Gasteiger partial charge in [0.1, 0.15) is 5.75 Å². The van der Waals surface area contributed by atoms with Crippen molar-refractivity contribution in [3.8, 4) is 5.75 Å². The molecule has 1 aromatic rings. The molecule has 0 fully saturated rings. The molecule has 1 aromatic carbocycles. The summed E-state index contributed by atoms with van der Waals surface area (Å²) in [7, 11) is 1.64. The van der Waals surface area contributed by atoms with Crippen molar-refractivity contribution >= 4 is 5.91 Å². The highest BCUT2D eigenvalue weighted by Crippen LogP contribution is 2.20. The lowest BCUT2D eigenvalue weighted by Crippen LogP contribution is -2.45. The number of amides is 1. The van der Waals surface area contributed by atoms with Crippen LogP contribution in [0.2, 0.25) is 0 Å². The van der Waals surface area contributed by atoms with E-state index in [4.69, 9.17) is 16.3 Å². The van der Waals surface area contributed by atoms with Crippen LogP contribution in [0.4, 0.5) is 0 Å². The minimum atomic E-state index is -0.627. The van der Waals surface area contributed by atoms with E-state index < -0.39 is 6.04 Å². The minimum absolute atomic E-state index is 0.362. The van der Waals surface area contributed by atoms with Crippen molar-refractivity contribution in [1.29, 1.82) is 0 Å². The van der Waals surface area contributed by atoms with Crippen LogP contribution in [0.25, 0.3) is 0 Å². The van der Waals surface area contributed by atoms with Gasteiger partial charge in [-0.3, -0.25) is 10.2 Å². The SMILES string of the molecule is CCc1cc(CC(N)C(=O)NN)ccc1OC. The van der Waals surface area contributed by atoms with Gasteiger partial charge in [-0.2, -0.15) is 0 Å². The number of nitrogens with one attached hydrogen (secondary N) is 1. The number of hydrogen-bond acceptors (Lipinski definition) is 4. The molecule has 0 aromatic heterocycles. The molecule has 17 heavy (non-hydrogen) atoms. The predicted molar refractivity (Wildman–Crippen MR) is 66.4 cm³/mol. The van der Waals surface area contributed by atoms with Crippen LogP contribution in [0.3, 0.4) is 0 Å². The smallest absolute Gasteiger partial charge is 0.251 e. The maximum Gasteiger partial charge on any atom is 0.251 e. The van der Waals surface area contributed by atoms with Crippen LogP contribution in [0.15, 0.2) is 18.2 Å². The highest BCUT2D eigenvalue weighted by molar-refractivity contribution is 5.81. The van der Waals surface area contributed by atoms with Gasteiger partial charge in [0.05, 0.1) is 13.2 Å². The van der Waals surface area contributed by atoms with Crippen molar-refractivity contribution in [2.45, 2.75) is 25.8 Å². The Morgan fingerprint density at radius 3 is 2.76 bits per heavy atom. The number of hydrazine groups is 1. The Kier molecular flexibility index (Phi) is 4.93. The van der Waals surface area contributed by atoms with Crippen molar-refractivity contribution in [2.24, 2.45) is 11.6 Å². The summed E-state index contributed by atoms with van der Waals surface area (Å²) < 4.78 is 5.23. The quantitative estimate of drug-likeness (QED) is 0.385. The van der Waals surface area contributed by atoms with Gasteiger partial charge in [-0.15, -0.1) is 0 Å². The molecule has 1 atom stereocenters. The highest BCUT2D eigenvalue weighted by atomic mass is 16.5. The molecular formula is C12H19N3O2. The van der Waals surface area contributed by atoms with Crippen molar-refractivity contribution in [3.05, 3.63) is 29.3 Å². The van der Waals surface area contributed by atoms with Crippen molar-refractivity contribution in [3.63, 3.8) is 0 Å². The van der Waals surface area contributed by atoms with Crippen LogP contribution >= 0.6 is 0 Å². The molecular weight excluding hydrogens is 218 g/mol. The number of aryl methyl sites for hydroxylation is 1. The summed E-state index contributed by atoms with van der Waals surface area (Å²) in [5, 5.41) is 0. The first-order valence-electron chi connectivity index (χ1n) is 5.54. The Morgan fingerprint density at radius 1 is 1.53 bits per heavy atom. The molecule has 5 N–H and O–H groups in total. The fourth-order valence-electron chi connectivity index (χ4n) is 1.69. The van der Waals surface area contributed by atoms with Gasteiger partial charge in [0.2, 0.25) is 0 Å². The van der Waals surface area contributed by atoms with Crippen molar-refractivity contribution in [2.75, 3.05) is 7.11 Å². The normalized spacial score (nSPS) is 12.0. The average molecular weight is 237 g/mol. The van der Waals surface area contributed by atoms with E-state index in [-0.39, 0.29) is 5.91 Å². The first-order valence-corrected chi connectivity index (χ1v) is 5.54. The zero-order chi connectivity index (χ0) is 12.8. The Hall–Kier alpha value is -1.59. The summed E-state index contributed by atoms with van der Waals surface area (Å²) in [5.74, 6) is 5.52. The zero-order valence-corrected chi connectivity index (χ0v) is 10.2. The van der Waals surface area contributed by atoms with Crippen LogP contribution in [0, 0.1) is 0 Å². The fraction of sp³-hybridized carbons (Fsp3) is 0.417. The second kappa shape index (κ2) is 6.22. The monoisotopic (exact) mass is 237 g/mol. The number of carbonyl (C=O) groups is 1. The molecule has 1 rings (SSSR count). The third-order valence-electron chi connectivity index (χ3n) is 2.66. The van der Waals surface area contributed by atoms with Gasteiger partial charge in [0, 0.05) is 0 Å². The number of carbonyl (C=O) groups excluding carboxylic acids is 1. The molecule has 0 radical (unpaired) electrons. The van der Waals surface area contributed by atoms with Gasteiger partial charge in [-0.25, -0.2) is 5.84 Å². The minimum Gasteiger partial charge on any atom is -0.496 e. The molecule has 0 aliphatic heterocycles. The molecule has 5 heteroatoms. The first kappa shape index (κ1) is 13.5. The number of ether oxygens (including phenoxy) is 1. The van der Waals surface area contributed by atoms with Crippen molar-refractivity contribution < 1.29 is 9.53 Å². The van der Waals surface area contributed by atoms with Gasteiger partial charge in [-0.05, 0) is 30.0 Å². The summed E-state index contributed by atoms with van der Waals surface area (Å²) in [6, 6.07) is 5.17. The van der Waals surface area contributed by atoms with Crippen LogP contribution < -0.4 is 21.7 Å². The third kappa shape index (κ3) is 3.44. The molecule has 94 valence electrons. The van der Waals surface area contributed by atoms with Crippen LogP contribution in [0.5, 0.6) is 5.75 Å². The van der Waals surface area contributed by atoms with E-state index in [0.29, 0.717) is 6.42 Å². The topological polar surface area (TPSA) is 90.4 Å². The van der Waals surface area contributed by atoms with E-state index in [1.165, 1.54) is 0 Å². The Labute approximate surface area is 101 Å². The summed E-state index contributed by atoms with van der Waals surface area (Å²) in [5.41, 5.74) is 9.85. The second-order valence-electron chi connectivity index (χ2n) is 3.82. The summed E-state index contributed by atoms with van der Waals surface area (Å²) in [4.78, 5) is 11.2. The predicted octanol–water partition coefficient (Wildman–Crippen LogP) is 0.117. The highest BCUT2D eigenvalue weighted by Gasteiger charge is 2.13. The van der Waals surface area contributed by atoms with Gasteiger partial charge in [0.25, 0.3) is 5.91 Å². The number of methoxy groups -OCH3 is 1. The van der Waals surface area contributed by atoms with E-state index in [1.54, 1.807) is 7.11 Å². The van der Waals surface area contributed by atoms with E-state index in [9.17, 15) is 4.79 Å². The van der Waals surface area contributed by atoms with Gasteiger partial charge < -0.3 is 10.5 Å². The van der Waals surface area contributed by atoms with Crippen LogP contribution in [0.1, 0.15) is 18.1 Å². The first-order chi connectivity index (χ1) is 8.12. The molecule has 0 saturated carbocycles. The number of hydrogen-bond donors (Lipinski definition) is 3. The van der Waals surface area contributed by atoms with Crippen LogP contribution in [-0.4, -0.2) is 19.1 Å². The van der Waals surface area contributed by atoms with E-state index in [1.807, 2.05) is 30.5 Å². The molecule has 0 aliphatic rings. The summed E-state index contributed by atoms with van der Waals surface area (Å²) in [6.45, 7) is 2.05. The molecule has 0 heterocycles. The van der Waals surface area contributed by atoms with E-state index >= 15 is 0 Å². The van der Waals surface area contributed by atoms with E-state index in [2.05, 4.69) is 0 Å². The summed E-state index contributed by atoms with van der Waals surface area (Å²) in [6.07, 6.45) is 1.33. The molecule has 1 unspecified atom stereocenters. The number of nitrogens with two attached hydrogens (primary N) is 2. The third-order valence-corrected chi connectivity index (χ3v) is 2.66. The molecule has 0 aliphatic carbocycles. The molecule has 1 amide bonds. The number of benzene rings is 1. The molecule has 0 spiro atoms. The molecule has 0 saturated heterocycles. The zero-order valence-electron chi connectivity index (χ0n) is 10.2. The Balaban J connectivity index is 2.82. The second-order valence-corrected chi connectivity index (χ2v) is 3.82. The summed E-state index contributed by atoms with van der Waals surface area (Å²) >= 11 is 0. The lowest BCUT2D eigenvalue weighted by atomic mass is 10.0. The standard InChI is InChI=1S/C12H19N3O2/c1-3-9-6-8(4-5-11(9)17-2)7-10(13)12(16)15-14/h4-6,10H,3,7,13-14H2,1-2H3,(H,15,16). The lowest BCUT2D eigenvalue weighted by molar-refractivity contribution is -0.122. The fourth-order valence-corrected chi connectivity index (χ4v) is 1.69. The van der Waals surface area contributed by atoms with Gasteiger partial charge >= 0.3 is 0 Å². The lowest BCUT2D eigenvalue weighted by Gasteiger charge is -2.12. The maximum absolute atomic E-state index is 11.2. The van der Waals surface area contributed by atoms with Crippen molar-refractivity contribution in [1.82, 2.24) is 5.43 Å².